The molecule has 7 heteroatoms. The highest BCUT2D eigenvalue weighted by atomic mass is 32.1. The lowest BCUT2D eigenvalue weighted by Gasteiger charge is -2.19. The first-order chi connectivity index (χ1) is 11.5. The Morgan fingerprint density at radius 1 is 1.25 bits per heavy atom. The van der Waals surface area contributed by atoms with Crippen LogP contribution in [0.4, 0.5) is 0 Å². The molecule has 0 aliphatic carbocycles. The van der Waals surface area contributed by atoms with Gasteiger partial charge >= 0.3 is 0 Å². The van der Waals surface area contributed by atoms with Crippen molar-refractivity contribution in [1.29, 1.82) is 0 Å². The number of fused-ring (bicyclic) bond motifs is 2. The average Bonchev–Trinajstić information content (AvgIpc) is 2.99. The summed E-state index contributed by atoms with van der Waals surface area (Å²) in [6.07, 6.45) is 2.75. The molecule has 0 N–H and O–H groups in total. The van der Waals surface area contributed by atoms with Crippen LogP contribution in [0.3, 0.4) is 0 Å². The van der Waals surface area contributed by atoms with Crippen LogP contribution in [0.15, 0.2) is 16.4 Å². The minimum absolute atomic E-state index is 0.118. The lowest BCUT2D eigenvalue weighted by molar-refractivity contribution is 0.265. The molecule has 0 fully saturated rings. The maximum Gasteiger partial charge on any atom is 0.262 e. The molecule has 3 aromatic rings. The highest BCUT2D eigenvalue weighted by Crippen LogP contribution is 2.21. The standard InChI is InChI=1S/C17H21N5OS/c1-11-10-24-16-15(11)17(23)22-7-6-21(5-4-14(22)19-16)9-13-8-18-12(2)20(13)3/h8,10H,4-7,9H2,1-3H3. The van der Waals surface area contributed by atoms with Gasteiger partial charge in [0.1, 0.15) is 16.5 Å². The molecule has 4 rings (SSSR count). The molecular formula is C17H21N5OS. The van der Waals surface area contributed by atoms with Gasteiger partial charge in [0.25, 0.3) is 5.56 Å². The van der Waals surface area contributed by atoms with E-state index in [1.54, 1.807) is 11.3 Å². The van der Waals surface area contributed by atoms with Gasteiger partial charge in [0, 0.05) is 45.8 Å². The van der Waals surface area contributed by atoms with Gasteiger partial charge in [-0.15, -0.1) is 11.3 Å². The van der Waals surface area contributed by atoms with Gasteiger partial charge < -0.3 is 4.57 Å². The smallest absolute Gasteiger partial charge is 0.262 e. The van der Waals surface area contributed by atoms with E-state index in [9.17, 15) is 4.79 Å². The Hall–Kier alpha value is -1.99. The van der Waals surface area contributed by atoms with Crippen molar-refractivity contribution in [3.63, 3.8) is 0 Å². The van der Waals surface area contributed by atoms with Crippen molar-refractivity contribution >= 4 is 21.6 Å². The maximum atomic E-state index is 12.8. The second kappa shape index (κ2) is 5.82. The maximum absolute atomic E-state index is 12.8. The summed E-state index contributed by atoms with van der Waals surface area (Å²) in [5.74, 6) is 1.94. The molecule has 0 spiro atoms. The molecule has 0 radical (unpaired) electrons. The van der Waals surface area contributed by atoms with E-state index in [-0.39, 0.29) is 5.56 Å². The molecule has 126 valence electrons. The number of rotatable bonds is 2. The van der Waals surface area contributed by atoms with Crippen molar-refractivity contribution in [3.05, 3.63) is 44.8 Å². The second-order valence-electron chi connectivity index (χ2n) is 6.47. The molecule has 0 saturated carbocycles. The van der Waals surface area contributed by atoms with E-state index in [1.807, 2.05) is 37.0 Å². The van der Waals surface area contributed by atoms with E-state index in [0.717, 1.165) is 53.5 Å². The highest BCUT2D eigenvalue weighted by Gasteiger charge is 2.20. The molecule has 0 saturated heterocycles. The zero-order valence-corrected chi connectivity index (χ0v) is 15.1. The number of aryl methyl sites for hydroxylation is 2. The molecule has 0 unspecified atom stereocenters. The third-order valence-electron chi connectivity index (χ3n) is 4.95. The minimum atomic E-state index is 0.118. The zero-order chi connectivity index (χ0) is 16.8. The van der Waals surface area contributed by atoms with E-state index in [0.29, 0.717) is 6.54 Å². The van der Waals surface area contributed by atoms with Gasteiger partial charge in [-0.05, 0) is 24.8 Å². The molecule has 1 aliphatic rings. The van der Waals surface area contributed by atoms with E-state index in [4.69, 9.17) is 4.98 Å². The summed E-state index contributed by atoms with van der Waals surface area (Å²) in [6.45, 7) is 7.32. The fraction of sp³-hybridized carbons (Fsp3) is 0.471. The summed E-state index contributed by atoms with van der Waals surface area (Å²) in [5, 5.41) is 2.81. The molecule has 1 aliphatic heterocycles. The van der Waals surface area contributed by atoms with Gasteiger partial charge in [-0.2, -0.15) is 0 Å². The molecule has 6 nitrogen and oxygen atoms in total. The lowest BCUT2D eigenvalue weighted by atomic mass is 10.2. The highest BCUT2D eigenvalue weighted by molar-refractivity contribution is 7.16. The number of nitrogens with zero attached hydrogens (tertiary/aromatic N) is 5. The van der Waals surface area contributed by atoms with Crippen molar-refractivity contribution in [2.45, 2.75) is 33.4 Å². The van der Waals surface area contributed by atoms with Crippen molar-refractivity contribution < 1.29 is 0 Å². The molecule has 0 atom stereocenters. The third-order valence-corrected chi connectivity index (χ3v) is 5.94. The van der Waals surface area contributed by atoms with E-state index < -0.39 is 0 Å². The SMILES string of the molecule is Cc1csc2nc3n(c(=O)c12)CCN(Cc1cnc(C)n1C)CC3. The quantitative estimate of drug-likeness (QED) is 0.713. The Labute approximate surface area is 144 Å². The van der Waals surface area contributed by atoms with Crippen LogP contribution >= 0.6 is 11.3 Å². The van der Waals surface area contributed by atoms with Crippen LogP contribution in [-0.4, -0.2) is 37.1 Å². The number of thiophene rings is 1. The van der Waals surface area contributed by atoms with Crippen LogP contribution < -0.4 is 5.56 Å². The van der Waals surface area contributed by atoms with Gasteiger partial charge in [-0.25, -0.2) is 9.97 Å². The topological polar surface area (TPSA) is 56.0 Å². The Bertz CT molecular complexity index is 967. The van der Waals surface area contributed by atoms with Crippen LogP contribution in [0.5, 0.6) is 0 Å². The Balaban J connectivity index is 1.62. The van der Waals surface area contributed by atoms with Crippen LogP contribution in [0.1, 0.15) is 22.9 Å². The van der Waals surface area contributed by atoms with Gasteiger partial charge in [-0.1, -0.05) is 0 Å². The summed E-state index contributed by atoms with van der Waals surface area (Å²) < 4.78 is 4.00. The molecule has 24 heavy (non-hydrogen) atoms. The fourth-order valence-electron chi connectivity index (χ4n) is 3.32. The normalized spacial score (nSPS) is 15.6. The summed E-state index contributed by atoms with van der Waals surface area (Å²) in [4.78, 5) is 25.2. The Morgan fingerprint density at radius 2 is 2.08 bits per heavy atom. The number of hydrogen-bond acceptors (Lipinski definition) is 5. The summed E-state index contributed by atoms with van der Waals surface area (Å²) in [6, 6.07) is 0. The average molecular weight is 343 g/mol. The van der Waals surface area contributed by atoms with Gasteiger partial charge in [0.05, 0.1) is 11.1 Å². The van der Waals surface area contributed by atoms with Gasteiger partial charge in [-0.3, -0.25) is 14.3 Å². The summed E-state index contributed by atoms with van der Waals surface area (Å²) in [5.41, 5.74) is 2.36. The molecular weight excluding hydrogens is 322 g/mol. The van der Waals surface area contributed by atoms with Crippen molar-refractivity contribution in [3.8, 4) is 0 Å². The van der Waals surface area contributed by atoms with E-state index in [1.165, 1.54) is 5.69 Å². The molecule has 3 aromatic heterocycles. The largest absolute Gasteiger partial charge is 0.334 e. The Kier molecular flexibility index (Phi) is 3.77. The van der Waals surface area contributed by atoms with E-state index >= 15 is 0 Å². The van der Waals surface area contributed by atoms with Crippen LogP contribution in [0.2, 0.25) is 0 Å². The van der Waals surface area contributed by atoms with Crippen molar-refractivity contribution in [2.24, 2.45) is 7.05 Å². The van der Waals surface area contributed by atoms with Crippen molar-refractivity contribution in [2.75, 3.05) is 13.1 Å². The first kappa shape index (κ1) is 15.5. The van der Waals surface area contributed by atoms with Crippen LogP contribution in [0.25, 0.3) is 10.2 Å². The third kappa shape index (κ3) is 2.48. The molecule has 4 heterocycles. The molecule has 0 bridgehead atoms. The zero-order valence-electron chi connectivity index (χ0n) is 14.2. The predicted octanol–water partition coefficient (Wildman–Crippen LogP) is 1.87. The Morgan fingerprint density at radius 3 is 2.83 bits per heavy atom. The van der Waals surface area contributed by atoms with Gasteiger partial charge in [0.2, 0.25) is 0 Å². The number of aromatic nitrogens is 4. The van der Waals surface area contributed by atoms with Crippen LogP contribution in [0, 0.1) is 13.8 Å². The first-order valence-corrected chi connectivity index (χ1v) is 9.09. The monoisotopic (exact) mass is 343 g/mol. The molecule has 0 amide bonds. The van der Waals surface area contributed by atoms with Crippen LogP contribution in [-0.2, 0) is 26.6 Å². The summed E-state index contributed by atoms with van der Waals surface area (Å²) in [7, 11) is 2.05. The minimum Gasteiger partial charge on any atom is -0.334 e. The summed E-state index contributed by atoms with van der Waals surface area (Å²) >= 11 is 1.57. The predicted molar refractivity (Wildman–Crippen MR) is 95.5 cm³/mol. The number of imidazole rings is 1. The second-order valence-corrected chi connectivity index (χ2v) is 7.32. The fourth-order valence-corrected chi connectivity index (χ4v) is 4.25. The van der Waals surface area contributed by atoms with Crippen molar-refractivity contribution in [1.82, 2.24) is 24.0 Å². The molecule has 0 aromatic carbocycles. The first-order valence-electron chi connectivity index (χ1n) is 8.21. The van der Waals surface area contributed by atoms with Gasteiger partial charge in [0.15, 0.2) is 0 Å². The number of hydrogen-bond donors (Lipinski definition) is 0. The lowest BCUT2D eigenvalue weighted by Crippen LogP contribution is -2.29. The van der Waals surface area contributed by atoms with E-state index in [2.05, 4.69) is 14.5 Å².